The number of benzene rings is 1. The van der Waals surface area contributed by atoms with E-state index in [1.165, 1.54) is 5.56 Å². The fourth-order valence-corrected chi connectivity index (χ4v) is 1.90. The SMILES string of the molecule is CCOC(CC)c1noc(CNc2ccc(C)cc2)n1. The van der Waals surface area contributed by atoms with E-state index in [0.29, 0.717) is 24.9 Å². The van der Waals surface area contributed by atoms with Crippen molar-refractivity contribution in [3.63, 3.8) is 0 Å². The van der Waals surface area contributed by atoms with Crippen LogP contribution in [-0.4, -0.2) is 16.7 Å². The Bertz CT molecular complexity index is 522. The molecule has 1 heterocycles. The van der Waals surface area contributed by atoms with Crippen molar-refractivity contribution in [2.45, 2.75) is 39.8 Å². The van der Waals surface area contributed by atoms with Crippen LogP contribution in [0, 0.1) is 6.92 Å². The molecular weight excluding hydrogens is 254 g/mol. The zero-order chi connectivity index (χ0) is 14.4. The molecule has 2 rings (SSSR count). The monoisotopic (exact) mass is 275 g/mol. The molecule has 0 bridgehead atoms. The predicted molar refractivity (Wildman–Crippen MR) is 77.5 cm³/mol. The quantitative estimate of drug-likeness (QED) is 0.838. The molecule has 1 aromatic carbocycles. The van der Waals surface area contributed by atoms with Crippen LogP contribution < -0.4 is 5.32 Å². The summed E-state index contributed by atoms with van der Waals surface area (Å²) in [5, 5.41) is 7.23. The zero-order valence-electron chi connectivity index (χ0n) is 12.2. The average Bonchev–Trinajstić information content (AvgIpc) is 2.93. The van der Waals surface area contributed by atoms with Gasteiger partial charge in [-0.2, -0.15) is 4.98 Å². The van der Waals surface area contributed by atoms with Gasteiger partial charge in [0, 0.05) is 12.3 Å². The Morgan fingerprint density at radius 3 is 2.65 bits per heavy atom. The van der Waals surface area contributed by atoms with Crippen LogP contribution in [0.25, 0.3) is 0 Å². The lowest BCUT2D eigenvalue weighted by atomic mass is 10.2. The Morgan fingerprint density at radius 1 is 1.25 bits per heavy atom. The van der Waals surface area contributed by atoms with Gasteiger partial charge in [-0.1, -0.05) is 29.8 Å². The van der Waals surface area contributed by atoms with E-state index in [2.05, 4.69) is 34.5 Å². The molecule has 1 aromatic heterocycles. The molecule has 0 amide bonds. The van der Waals surface area contributed by atoms with Crippen molar-refractivity contribution in [2.75, 3.05) is 11.9 Å². The lowest BCUT2D eigenvalue weighted by molar-refractivity contribution is 0.0518. The van der Waals surface area contributed by atoms with E-state index in [1.54, 1.807) is 0 Å². The Labute approximate surface area is 119 Å². The minimum Gasteiger partial charge on any atom is -0.376 e. The van der Waals surface area contributed by atoms with E-state index in [9.17, 15) is 0 Å². The third-order valence-electron chi connectivity index (χ3n) is 3.01. The third kappa shape index (κ3) is 3.81. The Balaban J connectivity index is 1.93. The summed E-state index contributed by atoms with van der Waals surface area (Å²) in [5.41, 5.74) is 2.27. The van der Waals surface area contributed by atoms with Crippen LogP contribution in [0.5, 0.6) is 0 Å². The first-order valence-electron chi connectivity index (χ1n) is 6.97. The van der Waals surface area contributed by atoms with Crippen molar-refractivity contribution in [1.82, 2.24) is 10.1 Å². The highest BCUT2D eigenvalue weighted by Crippen LogP contribution is 2.18. The van der Waals surface area contributed by atoms with Gasteiger partial charge in [0.25, 0.3) is 0 Å². The lowest BCUT2D eigenvalue weighted by Crippen LogP contribution is -2.05. The van der Waals surface area contributed by atoms with E-state index in [4.69, 9.17) is 9.26 Å². The summed E-state index contributed by atoms with van der Waals surface area (Å²) in [6.45, 7) is 7.22. The highest BCUT2D eigenvalue weighted by molar-refractivity contribution is 5.44. The third-order valence-corrected chi connectivity index (χ3v) is 3.01. The predicted octanol–water partition coefficient (Wildman–Crippen LogP) is 3.48. The van der Waals surface area contributed by atoms with Crippen molar-refractivity contribution in [3.8, 4) is 0 Å². The number of nitrogens with zero attached hydrogens (tertiary/aromatic N) is 2. The maximum atomic E-state index is 5.56. The smallest absolute Gasteiger partial charge is 0.246 e. The number of nitrogens with one attached hydrogen (secondary N) is 1. The summed E-state index contributed by atoms with van der Waals surface area (Å²) < 4.78 is 10.8. The maximum Gasteiger partial charge on any atom is 0.246 e. The number of rotatable bonds is 7. The number of aryl methyl sites for hydroxylation is 1. The van der Waals surface area contributed by atoms with E-state index < -0.39 is 0 Å². The van der Waals surface area contributed by atoms with Gasteiger partial charge >= 0.3 is 0 Å². The van der Waals surface area contributed by atoms with Crippen LogP contribution in [0.4, 0.5) is 5.69 Å². The first-order chi connectivity index (χ1) is 9.72. The number of aromatic nitrogens is 2. The molecule has 0 spiro atoms. The summed E-state index contributed by atoms with van der Waals surface area (Å²) in [5.74, 6) is 1.19. The molecule has 1 unspecified atom stereocenters. The topological polar surface area (TPSA) is 60.2 Å². The second-order valence-corrected chi connectivity index (χ2v) is 4.62. The van der Waals surface area contributed by atoms with Crippen molar-refractivity contribution < 1.29 is 9.26 Å². The molecule has 2 aromatic rings. The molecule has 0 saturated heterocycles. The molecule has 5 nitrogen and oxygen atoms in total. The van der Waals surface area contributed by atoms with Crippen molar-refractivity contribution in [3.05, 3.63) is 41.5 Å². The van der Waals surface area contributed by atoms with Crippen LogP contribution in [0.15, 0.2) is 28.8 Å². The second-order valence-electron chi connectivity index (χ2n) is 4.62. The molecule has 0 radical (unpaired) electrons. The lowest BCUT2D eigenvalue weighted by Gasteiger charge is -2.09. The van der Waals surface area contributed by atoms with E-state index in [-0.39, 0.29) is 6.10 Å². The molecule has 0 aliphatic rings. The van der Waals surface area contributed by atoms with Gasteiger partial charge in [-0.3, -0.25) is 0 Å². The summed E-state index contributed by atoms with van der Waals surface area (Å²) in [7, 11) is 0. The molecular formula is C15H21N3O2. The Kier molecular flexibility index (Phi) is 5.12. The van der Waals surface area contributed by atoms with Crippen LogP contribution >= 0.6 is 0 Å². The van der Waals surface area contributed by atoms with Gasteiger partial charge in [0.15, 0.2) is 0 Å². The highest BCUT2D eigenvalue weighted by atomic mass is 16.5. The first-order valence-corrected chi connectivity index (χ1v) is 6.97. The molecule has 1 atom stereocenters. The Morgan fingerprint density at radius 2 is 2.00 bits per heavy atom. The molecule has 108 valence electrons. The van der Waals surface area contributed by atoms with Gasteiger partial charge < -0.3 is 14.6 Å². The Hall–Kier alpha value is -1.88. The molecule has 1 N–H and O–H groups in total. The summed E-state index contributed by atoms with van der Waals surface area (Å²) >= 11 is 0. The van der Waals surface area contributed by atoms with E-state index in [1.807, 2.05) is 26.0 Å². The minimum atomic E-state index is -0.0862. The summed E-state index contributed by atoms with van der Waals surface area (Å²) in [4.78, 5) is 4.37. The summed E-state index contributed by atoms with van der Waals surface area (Å²) in [6.07, 6.45) is 0.745. The fourth-order valence-electron chi connectivity index (χ4n) is 1.90. The fraction of sp³-hybridized carbons (Fsp3) is 0.467. The van der Waals surface area contributed by atoms with Crippen molar-refractivity contribution in [2.24, 2.45) is 0 Å². The van der Waals surface area contributed by atoms with Gasteiger partial charge in [-0.25, -0.2) is 0 Å². The summed E-state index contributed by atoms with van der Waals surface area (Å²) in [6, 6.07) is 8.18. The number of hydrogen-bond donors (Lipinski definition) is 1. The van der Waals surface area contributed by atoms with E-state index >= 15 is 0 Å². The molecule has 0 aliphatic heterocycles. The average molecular weight is 275 g/mol. The first kappa shape index (κ1) is 14.5. The number of ether oxygens (including phenoxy) is 1. The van der Waals surface area contributed by atoms with Gasteiger partial charge in [0.1, 0.15) is 6.10 Å². The van der Waals surface area contributed by atoms with Crippen LogP contribution in [0.1, 0.15) is 43.7 Å². The maximum absolute atomic E-state index is 5.56. The molecule has 0 fully saturated rings. The van der Waals surface area contributed by atoms with E-state index in [0.717, 1.165) is 12.1 Å². The molecule has 0 saturated carbocycles. The van der Waals surface area contributed by atoms with Crippen LogP contribution in [0.2, 0.25) is 0 Å². The van der Waals surface area contributed by atoms with Crippen LogP contribution in [-0.2, 0) is 11.3 Å². The molecule has 5 heteroatoms. The minimum absolute atomic E-state index is 0.0862. The van der Waals surface area contributed by atoms with Gasteiger partial charge in [0.2, 0.25) is 11.7 Å². The van der Waals surface area contributed by atoms with Crippen molar-refractivity contribution >= 4 is 5.69 Å². The van der Waals surface area contributed by atoms with Crippen LogP contribution in [0.3, 0.4) is 0 Å². The molecule has 0 aliphatic carbocycles. The number of anilines is 1. The standard InChI is InChI=1S/C15H21N3O2/c1-4-13(19-5-2)15-17-14(20-18-15)10-16-12-8-6-11(3)7-9-12/h6-9,13,16H,4-5,10H2,1-3H3. The normalized spacial score (nSPS) is 12.3. The van der Waals surface area contributed by atoms with Gasteiger partial charge in [-0.05, 0) is 32.4 Å². The zero-order valence-corrected chi connectivity index (χ0v) is 12.2. The second kappa shape index (κ2) is 7.05. The largest absolute Gasteiger partial charge is 0.376 e. The number of hydrogen-bond acceptors (Lipinski definition) is 5. The molecule has 20 heavy (non-hydrogen) atoms. The highest BCUT2D eigenvalue weighted by Gasteiger charge is 2.16. The van der Waals surface area contributed by atoms with Crippen molar-refractivity contribution in [1.29, 1.82) is 0 Å². The van der Waals surface area contributed by atoms with Gasteiger partial charge in [0.05, 0.1) is 6.54 Å². The van der Waals surface area contributed by atoms with Gasteiger partial charge in [-0.15, -0.1) is 0 Å².